The van der Waals surface area contributed by atoms with Crippen LogP contribution in [0.1, 0.15) is 250 Å². The number of ether oxygens (including phenoxy) is 8. The zero-order chi connectivity index (χ0) is 98.7. The van der Waals surface area contributed by atoms with E-state index >= 15 is 17.6 Å². The van der Waals surface area contributed by atoms with E-state index < -0.39 is 170 Å². The van der Waals surface area contributed by atoms with Gasteiger partial charge in [-0.1, -0.05) is 76.2 Å². The van der Waals surface area contributed by atoms with E-state index in [2.05, 4.69) is 0 Å². The van der Waals surface area contributed by atoms with Gasteiger partial charge in [-0.25, -0.2) is 87.8 Å². The quantitative estimate of drug-likeness (QED) is 0.0275. The molecular weight excluding hydrogens is 1900 g/mol. The first kappa shape index (κ1) is 113. The molecule has 0 spiro atoms. The lowest BCUT2D eigenvalue weighted by Gasteiger charge is -2.41. The summed E-state index contributed by atoms with van der Waals surface area (Å²) in [6.45, 7) is 11.8. The van der Waals surface area contributed by atoms with Crippen LogP contribution >= 0.6 is 47.0 Å². The summed E-state index contributed by atoms with van der Waals surface area (Å²) in [5, 5.41) is 0. The van der Waals surface area contributed by atoms with E-state index in [0.717, 1.165) is 45.8 Å². The molecule has 0 N–H and O–H groups in total. The van der Waals surface area contributed by atoms with E-state index in [9.17, 15) is 96.6 Å². The van der Waals surface area contributed by atoms with Gasteiger partial charge in [-0.3, -0.25) is 0 Å². The van der Waals surface area contributed by atoms with Crippen LogP contribution in [-0.2, 0) is 70.3 Å². The maximum atomic E-state index is 15.3. The van der Waals surface area contributed by atoms with E-state index in [1.54, 1.807) is 0 Å². The molecule has 8 bridgehead atoms. The van der Waals surface area contributed by atoms with E-state index in [4.69, 9.17) is 37.9 Å². The molecular formula is C96H126F26O8S4. The molecule has 0 atom stereocenters. The van der Waals surface area contributed by atoms with Crippen LogP contribution in [-0.4, -0.2) is 197 Å². The van der Waals surface area contributed by atoms with Gasteiger partial charge in [0.1, 0.15) is 35.8 Å². The van der Waals surface area contributed by atoms with E-state index in [1.807, 2.05) is 76.2 Å². The Morgan fingerprint density at radius 3 is 0.634 bits per heavy atom. The maximum absolute atomic E-state index is 15.3. The van der Waals surface area contributed by atoms with Crippen molar-refractivity contribution < 1.29 is 152 Å². The van der Waals surface area contributed by atoms with Crippen LogP contribution < -0.4 is 18.9 Å². The number of alkyl halides is 26. The summed E-state index contributed by atoms with van der Waals surface area (Å²) in [5.41, 5.74) is 6.20. The van der Waals surface area contributed by atoms with Gasteiger partial charge in [-0.15, -0.1) is 0 Å². The molecule has 4 fully saturated rings. The van der Waals surface area contributed by atoms with Crippen LogP contribution in [0.2, 0.25) is 0 Å². The Labute approximate surface area is 786 Å². The van der Waals surface area contributed by atoms with Crippen molar-refractivity contribution in [2.24, 2.45) is 21.7 Å². The molecule has 0 unspecified atom stereocenters. The number of rotatable bonds is 60. The maximum Gasteiger partial charge on any atom is 0.394 e. The lowest BCUT2D eigenvalue weighted by molar-refractivity contribution is -0.208. The highest BCUT2D eigenvalue weighted by atomic mass is 32.2. The van der Waals surface area contributed by atoms with Gasteiger partial charge < -0.3 is 37.9 Å². The van der Waals surface area contributed by atoms with Gasteiger partial charge in [-0.2, -0.15) is 73.4 Å². The van der Waals surface area contributed by atoms with Crippen LogP contribution in [0.25, 0.3) is 0 Å². The summed E-state index contributed by atoms with van der Waals surface area (Å²) in [4.78, 5) is 0. The third-order valence-electron chi connectivity index (χ3n) is 25.1. The van der Waals surface area contributed by atoms with Gasteiger partial charge in [0.2, 0.25) is 0 Å². The predicted molar refractivity (Wildman–Crippen MR) is 473 cm³/mol. The van der Waals surface area contributed by atoms with Crippen molar-refractivity contribution in [1.82, 2.24) is 0 Å². The van der Waals surface area contributed by atoms with Gasteiger partial charge in [-0.05, 0) is 217 Å². The molecule has 0 amide bonds. The standard InChI is InChI=1S/C96H126F26O8S4/c1-7-83(53-123-54-83)61-127-77-69-33-65(17-11-25-131-29-15-21-87(101,102)47-93(113,114)51-95(117,118)119)35-71(77)42-73-37-67(19-13-27-133-31-23-89(105,106)49-91(109,110)45-81(5,97)98)39-75(79(73)129-63-85(9-3)57-125-58-85)44-76-40-68(20-14-28-134-32-24-90(107,108)50-92(111,112)46-82(6,99)100)38-74(80(76)130-64-86(10-4)59-126-60-86)43-72-36-66(34-70(41-69)78(72)128-62-84(8-2)55-124-56-84)18-12-26-132-30-16-22-88(103,104)48-94(115,116)52-96(120,121)122/h33-40H,7-32,41-64H2,1-6H3. The lowest BCUT2D eigenvalue weighted by Crippen LogP contribution is -2.46. The summed E-state index contributed by atoms with van der Waals surface area (Å²) in [6.07, 6.45) is -28.5. The highest BCUT2D eigenvalue weighted by molar-refractivity contribution is 7.99. The number of hydrogen-bond donors (Lipinski definition) is 0. The fourth-order valence-electron chi connectivity index (χ4n) is 17.4. The predicted octanol–water partition coefficient (Wildman–Crippen LogP) is 29.2. The van der Waals surface area contributed by atoms with Gasteiger partial charge >= 0.3 is 12.4 Å². The first-order valence-corrected chi connectivity index (χ1v) is 50.5. The van der Waals surface area contributed by atoms with Crippen molar-refractivity contribution in [2.45, 2.75) is 306 Å². The second kappa shape index (κ2) is 47.6. The molecule has 8 nitrogen and oxygen atoms in total. The third-order valence-corrected chi connectivity index (χ3v) is 29.6. The lowest BCUT2D eigenvalue weighted by atomic mass is 9.83. The Kier molecular flexibility index (Phi) is 40.2. The summed E-state index contributed by atoms with van der Waals surface area (Å²) in [6, 6.07) is 16.0. The van der Waals surface area contributed by atoms with Gasteiger partial charge in [0, 0.05) is 51.4 Å². The number of aryl methyl sites for hydroxylation is 4. The molecule has 1 aliphatic carbocycles. The second-order valence-electron chi connectivity index (χ2n) is 38.4. The highest BCUT2D eigenvalue weighted by Gasteiger charge is 2.54. The van der Waals surface area contributed by atoms with E-state index in [-0.39, 0.29) is 126 Å². The van der Waals surface area contributed by atoms with Gasteiger partial charge in [0.15, 0.2) is 0 Å². The van der Waals surface area contributed by atoms with Gasteiger partial charge in [0.25, 0.3) is 59.2 Å². The van der Waals surface area contributed by atoms with Crippen LogP contribution in [0.4, 0.5) is 114 Å². The summed E-state index contributed by atoms with van der Waals surface area (Å²) in [5.74, 6) is -39.8. The average molecular weight is 2030 g/mol. The Morgan fingerprint density at radius 2 is 0.448 bits per heavy atom. The average Bonchev–Trinajstić information content (AvgIpc) is 0.762. The largest absolute Gasteiger partial charge is 0.492 e. The molecule has 5 aliphatic rings. The molecule has 4 aromatic rings. The van der Waals surface area contributed by atoms with Crippen molar-refractivity contribution in [3.8, 4) is 23.0 Å². The van der Waals surface area contributed by atoms with E-state index in [1.165, 1.54) is 23.5 Å². The fourth-order valence-corrected chi connectivity index (χ4v) is 21.2. The zero-order valence-electron chi connectivity index (χ0n) is 76.7. The van der Waals surface area contributed by atoms with Crippen molar-refractivity contribution in [1.29, 1.82) is 0 Å². The topological polar surface area (TPSA) is 73.8 Å². The summed E-state index contributed by atoms with van der Waals surface area (Å²) >= 11 is 4.62. The van der Waals surface area contributed by atoms with Crippen molar-refractivity contribution in [2.75, 3.05) is 125 Å². The highest BCUT2D eigenvalue weighted by Crippen LogP contribution is 2.50. The third kappa shape index (κ3) is 37.4. The monoisotopic (exact) mass is 2030 g/mol. The molecule has 0 radical (unpaired) electrons. The molecule has 4 saturated heterocycles. The Morgan fingerprint density at radius 1 is 0.254 bits per heavy atom. The minimum atomic E-state index is -5.39. The summed E-state index contributed by atoms with van der Waals surface area (Å²) < 4.78 is 423. The Balaban J connectivity index is 1.22. The molecule has 4 aliphatic heterocycles. The van der Waals surface area contributed by atoms with Crippen LogP contribution in [0.3, 0.4) is 0 Å². The summed E-state index contributed by atoms with van der Waals surface area (Å²) in [7, 11) is 0. The number of hydrogen-bond acceptors (Lipinski definition) is 12. The van der Waals surface area contributed by atoms with Crippen molar-refractivity contribution in [3.05, 3.63) is 115 Å². The van der Waals surface area contributed by atoms with Crippen LogP contribution in [0.15, 0.2) is 48.5 Å². The zero-order valence-corrected chi connectivity index (χ0v) is 80.0. The molecule has 4 heterocycles. The van der Waals surface area contributed by atoms with E-state index in [0.29, 0.717) is 196 Å². The number of halogens is 26. The molecule has 134 heavy (non-hydrogen) atoms. The minimum Gasteiger partial charge on any atom is -0.492 e. The molecule has 9 rings (SSSR count). The molecule has 4 aromatic carbocycles. The first-order valence-electron chi connectivity index (χ1n) is 45.9. The first-order chi connectivity index (χ1) is 62.3. The number of fused-ring (bicyclic) bond motifs is 8. The normalized spacial score (nSPS) is 17.4. The molecule has 0 aromatic heterocycles. The Bertz CT molecular complexity index is 4040. The Hall–Kier alpha value is -4.50. The number of thioether (sulfide) groups is 4. The molecule has 38 heteroatoms. The fraction of sp³-hybridized carbons (Fsp3) is 0.750. The molecule has 764 valence electrons. The van der Waals surface area contributed by atoms with Crippen molar-refractivity contribution in [3.63, 3.8) is 0 Å². The number of benzene rings is 4. The SMILES string of the molecule is CCC1(COc2c3cc(CCCSCCCC(F)(F)CC(F)(F)CC(F)(F)F)cc2Cc2cc(CCCSCCC(F)(F)CC(F)(F)CC(C)(F)F)cc(c2OCC2(CC)COC2)Cc2cc(CCCSCCC(F)(F)CC(F)(F)CC(C)(F)F)cc(c2OCC2(CC)COC2)Cc2cc(CCCSCCCC(F)(F)CC(F)(F)CC(F)(F)F)cc(c2OCC2(CC)COC2)C3)COC1. The molecule has 0 saturated carbocycles. The van der Waals surface area contributed by atoms with Gasteiger partial charge in [0.05, 0.1) is 139 Å². The van der Waals surface area contributed by atoms with Crippen molar-refractivity contribution >= 4 is 47.0 Å². The van der Waals surface area contributed by atoms with Crippen LogP contribution in [0.5, 0.6) is 23.0 Å². The smallest absolute Gasteiger partial charge is 0.394 e. The minimum absolute atomic E-state index is 0.0373. The second-order valence-corrected chi connectivity index (χ2v) is 43.3. The van der Waals surface area contributed by atoms with Crippen LogP contribution in [0, 0.1) is 21.7 Å².